The van der Waals surface area contributed by atoms with Gasteiger partial charge < -0.3 is 4.74 Å². The number of allylic oxidation sites excluding steroid dienone is 3. The number of benzene rings is 2. The minimum Gasteiger partial charge on any atom is -0.496 e. The van der Waals surface area contributed by atoms with Crippen molar-refractivity contribution in [2.24, 2.45) is 0 Å². The minimum absolute atomic E-state index is 0.515. The number of hydrogen-bond acceptors (Lipinski definition) is 4. The minimum atomic E-state index is 0.515. The van der Waals surface area contributed by atoms with Gasteiger partial charge in [0.1, 0.15) is 16.8 Å². The van der Waals surface area contributed by atoms with Crippen LogP contribution in [0.5, 0.6) is 5.75 Å². The predicted molar refractivity (Wildman–Crippen MR) is 108 cm³/mol. The van der Waals surface area contributed by atoms with E-state index in [9.17, 15) is 5.26 Å². The molecule has 0 atom stereocenters. The molecule has 3 rings (SSSR count). The predicted octanol–water partition coefficient (Wildman–Crippen LogP) is 6.09. The first-order valence-corrected chi connectivity index (χ1v) is 9.10. The fourth-order valence-corrected chi connectivity index (χ4v) is 3.29. The molecule has 0 amide bonds. The van der Waals surface area contributed by atoms with Crippen LogP contribution in [0.15, 0.2) is 66.1 Å². The summed E-state index contributed by atoms with van der Waals surface area (Å²) in [5.74, 6) is 0.787. The SMILES string of the molecule is COc1ccccc1/C=C/C=C(\C#N)c1nc(-c2ccc(Cl)cc2)cs1. The van der Waals surface area contributed by atoms with Crippen LogP contribution in [0.2, 0.25) is 5.02 Å². The number of nitriles is 1. The number of nitrogens with zero attached hydrogens (tertiary/aromatic N) is 2. The van der Waals surface area contributed by atoms with Crippen molar-refractivity contribution < 1.29 is 4.74 Å². The van der Waals surface area contributed by atoms with E-state index in [1.807, 2.05) is 66.1 Å². The lowest BCUT2D eigenvalue weighted by Gasteiger charge is -2.02. The Morgan fingerprint density at radius 2 is 1.96 bits per heavy atom. The summed E-state index contributed by atoms with van der Waals surface area (Å²) in [7, 11) is 1.64. The summed E-state index contributed by atoms with van der Waals surface area (Å²) in [6, 6.07) is 17.4. The molecule has 0 bridgehead atoms. The highest BCUT2D eigenvalue weighted by Gasteiger charge is 2.08. The maximum Gasteiger partial charge on any atom is 0.134 e. The summed E-state index contributed by atoms with van der Waals surface area (Å²) in [6.07, 6.45) is 5.50. The first-order chi connectivity index (χ1) is 12.7. The molecule has 0 unspecified atom stereocenters. The Kier molecular flexibility index (Phi) is 5.85. The van der Waals surface area contributed by atoms with Gasteiger partial charge in [-0.05, 0) is 24.3 Å². The molecule has 128 valence electrons. The second kappa shape index (κ2) is 8.48. The van der Waals surface area contributed by atoms with E-state index in [0.717, 1.165) is 22.6 Å². The van der Waals surface area contributed by atoms with Crippen molar-refractivity contribution in [3.05, 3.63) is 81.7 Å². The molecule has 26 heavy (non-hydrogen) atoms. The summed E-state index contributed by atoms with van der Waals surface area (Å²) in [5.41, 5.74) is 3.26. The van der Waals surface area contributed by atoms with E-state index in [1.54, 1.807) is 13.2 Å². The van der Waals surface area contributed by atoms with Crippen molar-refractivity contribution in [1.82, 2.24) is 4.98 Å². The van der Waals surface area contributed by atoms with Crippen LogP contribution in [0.1, 0.15) is 10.6 Å². The third-order valence-corrected chi connectivity index (χ3v) is 4.80. The molecule has 5 heteroatoms. The number of thiazole rings is 1. The van der Waals surface area contributed by atoms with Gasteiger partial charge in [-0.3, -0.25) is 0 Å². The van der Waals surface area contributed by atoms with Crippen LogP contribution < -0.4 is 4.74 Å². The fraction of sp³-hybridized carbons (Fsp3) is 0.0476. The quantitative estimate of drug-likeness (QED) is 0.398. The molecule has 0 spiro atoms. The zero-order valence-corrected chi connectivity index (χ0v) is 15.6. The number of rotatable bonds is 5. The Labute approximate surface area is 161 Å². The van der Waals surface area contributed by atoms with Gasteiger partial charge in [0, 0.05) is 21.5 Å². The molecular weight excluding hydrogens is 364 g/mol. The molecule has 3 nitrogen and oxygen atoms in total. The summed E-state index contributed by atoms with van der Waals surface area (Å²) in [5, 5.41) is 12.8. The molecule has 0 aliphatic rings. The van der Waals surface area contributed by atoms with E-state index < -0.39 is 0 Å². The van der Waals surface area contributed by atoms with Crippen LogP contribution >= 0.6 is 22.9 Å². The summed E-state index contributed by atoms with van der Waals surface area (Å²) < 4.78 is 5.32. The lowest BCUT2D eigenvalue weighted by atomic mass is 10.1. The van der Waals surface area contributed by atoms with Gasteiger partial charge in [-0.25, -0.2) is 4.98 Å². The summed E-state index contributed by atoms with van der Waals surface area (Å²) >= 11 is 7.36. The monoisotopic (exact) mass is 378 g/mol. The molecule has 0 saturated carbocycles. The van der Waals surface area contributed by atoms with Crippen LogP contribution in [0.4, 0.5) is 0 Å². The molecule has 0 N–H and O–H groups in total. The second-order valence-corrected chi connectivity index (χ2v) is 6.63. The normalized spacial score (nSPS) is 11.5. The van der Waals surface area contributed by atoms with Gasteiger partial charge in [0.15, 0.2) is 0 Å². The third kappa shape index (κ3) is 4.20. The van der Waals surface area contributed by atoms with Gasteiger partial charge in [0.05, 0.1) is 18.4 Å². The Balaban J connectivity index is 1.83. The Morgan fingerprint density at radius 1 is 1.19 bits per heavy atom. The number of methoxy groups -OCH3 is 1. The molecule has 1 aromatic heterocycles. The second-order valence-electron chi connectivity index (χ2n) is 5.34. The Bertz CT molecular complexity index is 997. The first-order valence-electron chi connectivity index (χ1n) is 7.84. The molecule has 1 heterocycles. The molecule has 0 aliphatic carbocycles. The van der Waals surface area contributed by atoms with Crippen LogP contribution in [0.3, 0.4) is 0 Å². The highest BCUT2D eigenvalue weighted by molar-refractivity contribution is 7.11. The fourth-order valence-electron chi connectivity index (χ4n) is 2.36. The van der Waals surface area contributed by atoms with Gasteiger partial charge >= 0.3 is 0 Å². The van der Waals surface area contributed by atoms with Crippen LogP contribution in [0, 0.1) is 11.3 Å². The van der Waals surface area contributed by atoms with Gasteiger partial charge in [-0.2, -0.15) is 5.26 Å². The highest BCUT2D eigenvalue weighted by Crippen LogP contribution is 2.27. The Hall–Kier alpha value is -2.87. The molecular formula is C21H15ClN2OS. The van der Waals surface area contributed by atoms with Crippen molar-refractivity contribution in [2.75, 3.05) is 7.11 Å². The van der Waals surface area contributed by atoms with Crippen LogP contribution in [-0.2, 0) is 0 Å². The lowest BCUT2D eigenvalue weighted by Crippen LogP contribution is -1.85. The molecule has 3 aromatic rings. The van der Waals surface area contributed by atoms with Gasteiger partial charge in [-0.1, -0.05) is 54.1 Å². The molecule has 0 fully saturated rings. The zero-order chi connectivity index (χ0) is 18.4. The number of ether oxygens (including phenoxy) is 1. The van der Waals surface area contributed by atoms with Crippen LogP contribution in [-0.4, -0.2) is 12.1 Å². The van der Waals surface area contributed by atoms with Gasteiger partial charge in [0.2, 0.25) is 0 Å². The summed E-state index contributed by atoms with van der Waals surface area (Å²) in [4.78, 5) is 4.57. The van der Waals surface area contributed by atoms with Gasteiger partial charge in [-0.15, -0.1) is 11.3 Å². The average Bonchev–Trinajstić information content (AvgIpc) is 3.16. The van der Waals surface area contributed by atoms with E-state index in [2.05, 4.69) is 11.1 Å². The average molecular weight is 379 g/mol. The topological polar surface area (TPSA) is 45.9 Å². The standard InChI is InChI=1S/C21H15ClN2OS/c1-25-20-8-3-2-5-16(20)6-4-7-17(13-23)21-24-19(14-26-21)15-9-11-18(22)12-10-15/h2-12,14H,1H3/b6-4+,17-7+. The van der Waals surface area contributed by atoms with Crippen molar-refractivity contribution in [3.8, 4) is 23.1 Å². The van der Waals surface area contributed by atoms with E-state index in [1.165, 1.54) is 11.3 Å². The smallest absolute Gasteiger partial charge is 0.134 e. The van der Waals surface area contributed by atoms with Gasteiger partial charge in [0.25, 0.3) is 0 Å². The number of halogens is 1. The third-order valence-electron chi connectivity index (χ3n) is 3.67. The maximum atomic E-state index is 9.47. The maximum absolute atomic E-state index is 9.47. The molecule has 0 aliphatic heterocycles. The summed E-state index contributed by atoms with van der Waals surface area (Å²) in [6.45, 7) is 0. The van der Waals surface area contributed by atoms with Crippen molar-refractivity contribution in [1.29, 1.82) is 5.26 Å². The van der Waals surface area contributed by atoms with Crippen LogP contribution in [0.25, 0.3) is 22.9 Å². The molecule has 0 radical (unpaired) electrons. The molecule has 2 aromatic carbocycles. The largest absolute Gasteiger partial charge is 0.496 e. The van der Waals surface area contributed by atoms with Crippen molar-refractivity contribution >= 4 is 34.6 Å². The van der Waals surface area contributed by atoms with E-state index in [0.29, 0.717) is 15.6 Å². The van der Waals surface area contributed by atoms with E-state index >= 15 is 0 Å². The zero-order valence-electron chi connectivity index (χ0n) is 14.0. The van der Waals surface area contributed by atoms with Crippen molar-refractivity contribution in [3.63, 3.8) is 0 Å². The first kappa shape index (κ1) is 17.9. The van der Waals surface area contributed by atoms with E-state index in [4.69, 9.17) is 16.3 Å². The van der Waals surface area contributed by atoms with E-state index in [-0.39, 0.29) is 0 Å². The van der Waals surface area contributed by atoms with Crippen molar-refractivity contribution in [2.45, 2.75) is 0 Å². The number of para-hydroxylation sites is 1. The lowest BCUT2D eigenvalue weighted by molar-refractivity contribution is 0.414. The highest BCUT2D eigenvalue weighted by atomic mass is 35.5. The molecule has 0 saturated heterocycles. The number of aromatic nitrogens is 1. The Morgan fingerprint density at radius 3 is 2.69 bits per heavy atom. The number of hydrogen-bond donors (Lipinski definition) is 0.